The smallest absolute Gasteiger partial charge is 0.0786 e. The van der Waals surface area contributed by atoms with Gasteiger partial charge < -0.3 is 0 Å². The second-order valence-electron chi connectivity index (χ2n) is 8.83. The number of fused-ring (bicyclic) bond motifs is 2. The molecule has 1 aromatic heterocycles. The van der Waals surface area contributed by atoms with Crippen LogP contribution >= 0.6 is 0 Å². The van der Waals surface area contributed by atoms with Gasteiger partial charge in [-0.2, -0.15) is 0 Å². The Morgan fingerprint density at radius 2 is 1.42 bits per heavy atom. The molecule has 1 heteroatoms. The van der Waals surface area contributed by atoms with E-state index < -0.39 is 0 Å². The first kappa shape index (κ1) is 19.7. The number of aryl methyl sites for hydroxylation is 2. The number of allylic oxidation sites excluding steroid dienone is 1. The van der Waals surface area contributed by atoms with Gasteiger partial charge in [-0.05, 0) is 64.8 Å². The van der Waals surface area contributed by atoms with Gasteiger partial charge in [-0.3, -0.25) is 4.98 Å². The molecule has 0 amide bonds. The lowest BCUT2D eigenvalue weighted by molar-refractivity contribution is 0.986. The Bertz CT molecular complexity index is 1490. The van der Waals surface area contributed by atoms with Crippen LogP contribution in [0.2, 0.25) is 0 Å². The Labute approximate surface area is 195 Å². The maximum Gasteiger partial charge on any atom is 0.0786 e. The molecule has 0 unspecified atom stereocenters. The minimum atomic E-state index is 1.05. The van der Waals surface area contributed by atoms with Crippen molar-refractivity contribution in [2.24, 2.45) is 0 Å². The first-order chi connectivity index (χ1) is 16.3. The van der Waals surface area contributed by atoms with Gasteiger partial charge in [0.05, 0.1) is 5.52 Å². The summed E-state index contributed by atoms with van der Waals surface area (Å²) in [6.07, 6.45) is 8.72. The number of hydrogen-bond acceptors (Lipinski definition) is 1. The minimum Gasteiger partial charge on any atom is -0.256 e. The van der Waals surface area contributed by atoms with Crippen LogP contribution in [-0.2, 0) is 6.42 Å². The van der Waals surface area contributed by atoms with Gasteiger partial charge >= 0.3 is 0 Å². The van der Waals surface area contributed by atoms with Crippen LogP contribution in [0.15, 0.2) is 103 Å². The number of nitrogens with zero attached hydrogens (tertiary/aromatic N) is 1. The Balaban J connectivity index is 1.49. The van der Waals surface area contributed by atoms with Crippen LogP contribution in [-0.4, -0.2) is 4.98 Å². The quantitative estimate of drug-likeness (QED) is 0.283. The standard InChI is InChI=1S/C32H25N/c1-22-11-13-26(14-12-22)31-30(20-19-27-8-5-21-33-32(27)31)25-17-15-24(16-18-25)29-10-4-7-23-6-2-3-9-28(23)29/h3-5,7-21H,2,6H2,1H3. The average molecular weight is 424 g/mol. The van der Waals surface area contributed by atoms with Crippen molar-refractivity contribution in [3.63, 3.8) is 0 Å². The molecule has 0 fully saturated rings. The molecular weight excluding hydrogens is 398 g/mol. The van der Waals surface area contributed by atoms with Crippen molar-refractivity contribution in [1.29, 1.82) is 0 Å². The Hall–Kier alpha value is -3.97. The van der Waals surface area contributed by atoms with Crippen LogP contribution in [0.5, 0.6) is 0 Å². The van der Waals surface area contributed by atoms with E-state index in [1.165, 1.54) is 50.1 Å². The molecule has 0 spiro atoms. The highest BCUT2D eigenvalue weighted by molar-refractivity contribution is 6.02. The summed E-state index contributed by atoms with van der Waals surface area (Å²) in [7, 11) is 0. The largest absolute Gasteiger partial charge is 0.256 e. The zero-order chi connectivity index (χ0) is 22.2. The topological polar surface area (TPSA) is 12.9 Å². The van der Waals surface area contributed by atoms with Crippen LogP contribution in [0, 0.1) is 6.92 Å². The summed E-state index contributed by atoms with van der Waals surface area (Å²) in [5.74, 6) is 0. The van der Waals surface area contributed by atoms with E-state index in [0.29, 0.717) is 0 Å². The summed E-state index contributed by atoms with van der Waals surface area (Å²) in [6.45, 7) is 2.13. The monoisotopic (exact) mass is 423 g/mol. The van der Waals surface area contributed by atoms with E-state index in [4.69, 9.17) is 4.98 Å². The molecule has 1 heterocycles. The van der Waals surface area contributed by atoms with Gasteiger partial charge in [-0.25, -0.2) is 0 Å². The van der Waals surface area contributed by atoms with E-state index >= 15 is 0 Å². The molecule has 5 aromatic rings. The van der Waals surface area contributed by atoms with Gasteiger partial charge in [0.1, 0.15) is 0 Å². The van der Waals surface area contributed by atoms with Crippen LogP contribution < -0.4 is 0 Å². The lowest BCUT2D eigenvalue weighted by atomic mass is 9.88. The molecule has 0 saturated heterocycles. The SMILES string of the molecule is Cc1ccc(-c2c(-c3ccc(-c4cccc5c4C=CCC5)cc3)ccc3cccnc23)cc1. The summed E-state index contributed by atoms with van der Waals surface area (Å²) in [5, 5.41) is 1.16. The second kappa shape index (κ2) is 8.18. The normalized spacial score (nSPS) is 12.6. The van der Waals surface area contributed by atoms with Crippen LogP contribution in [0.1, 0.15) is 23.1 Å². The lowest BCUT2D eigenvalue weighted by Gasteiger charge is -2.16. The first-order valence-electron chi connectivity index (χ1n) is 11.6. The zero-order valence-corrected chi connectivity index (χ0v) is 18.8. The highest BCUT2D eigenvalue weighted by Crippen LogP contribution is 2.38. The Kier molecular flexibility index (Phi) is 4.88. The third-order valence-electron chi connectivity index (χ3n) is 6.68. The third-order valence-corrected chi connectivity index (χ3v) is 6.68. The molecule has 1 aliphatic rings. The van der Waals surface area contributed by atoms with E-state index in [-0.39, 0.29) is 0 Å². The summed E-state index contributed by atoms with van der Waals surface area (Å²) in [4.78, 5) is 4.77. The maximum absolute atomic E-state index is 4.77. The summed E-state index contributed by atoms with van der Waals surface area (Å²) >= 11 is 0. The van der Waals surface area contributed by atoms with Gasteiger partial charge in [-0.1, -0.05) is 103 Å². The predicted molar refractivity (Wildman–Crippen MR) is 140 cm³/mol. The molecule has 0 bridgehead atoms. The van der Waals surface area contributed by atoms with E-state index in [1.807, 2.05) is 12.3 Å². The number of rotatable bonds is 3. The van der Waals surface area contributed by atoms with Gasteiger partial charge in [0, 0.05) is 17.1 Å². The molecular formula is C32H25N. The predicted octanol–water partition coefficient (Wildman–Crippen LogP) is 8.50. The average Bonchev–Trinajstić information content (AvgIpc) is 2.88. The van der Waals surface area contributed by atoms with Crippen molar-refractivity contribution in [3.05, 3.63) is 120 Å². The van der Waals surface area contributed by atoms with Crippen LogP contribution in [0.4, 0.5) is 0 Å². The third kappa shape index (κ3) is 3.56. The number of pyridine rings is 1. The van der Waals surface area contributed by atoms with Crippen LogP contribution in [0.3, 0.4) is 0 Å². The Morgan fingerprint density at radius 1 is 0.667 bits per heavy atom. The van der Waals surface area contributed by atoms with Crippen molar-refractivity contribution >= 4 is 17.0 Å². The molecule has 6 rings (SSSR count). The van der Waals surface area contributed by atoms with E-state index in [9.17, 15) is 0 Å². The fourth-order valence-corrected chi connectivity index (χ4v) is 4.95. The molecule has 1 aliphatic carbocycles. The van der Waals surface area contributed by atoms with E-state index in [0.717, 1.165) is 23.7 Å². The summed E-state index contributed by atoms with van der Waals surface area (Å²) in [6, 6.07) is 33.0. The van der Waals surface area contributed by atoms with Gasteiger partial charge in [0.25, 0.3) is 0 Å². The van der Waals surface area contributed by atoms with Crippen LogP contribution in [0.25, 0.3) is 50.4 Å². The molecule has 4 aromatic carbocycles. The van der Waals surface area contributed by atoms with Crippen molar-refractivity contribution in [1.82, 2.24) is 4.98 Å². The van der Waals surface area contributed by atoms with Gasteiger partial charge in [0.15, 0.2) is 0 Å². The molecule has 1 nitrogen and oxygen atoms in total. The van der Waals surface area contributed by atoms with E-state index in [2.05, 4.69) is 104 Å². The van der Waals surface area contributed by atoms with Crippen molar-refractivity contribution in [2.45, 2.75) is 19.8 Å². The van der Waals surface area contributed by atoms with Crippen molar-refractivity contribution in [3.8, 4) is 33.4 Å². The fraction of sp³-hybridized carbons (Fsp3) is 0.0938. The molecule has 0 saturated carbocycles. The molecule has 0 radical (unpaired) electrons. The molecule has 0 N–H and O–H groups in total. The number of aromatic nitrogens is 1. The minimum absolute atomic E-state index is 1.05. The molecule has 158 valence electrons. The summed E-state index contributed by atoms with van der Waals surface area (Å²) < 4.78 is 0. The number of benzene rings is 4. The first-order valence-corrected chi connectivity index (χ1v) is 11.6. The molecule has 0 atom stereocenters. The second-order valence-corrected chi connectivity index (χ2v) is 8.83. The number of hydrogen-bond donors (Lipinski definition) is 0. The Morgan fingerprint density at radius 3 is 2.24 bits per heavy atom. The highest BCUT2D eigenvalue weighted by Gasteiger charge is 2.14. The molecule has 33 heavy (non-hydrogen) atoms. The lowest BCUT2D eigenvalue weighted by Crippen LogP contribution is -1.96. The fourth-order valence-electron chi connectivity index (χ4n) is 4.95. The van der Waals surface area contributed by atoms with Crippen molar-refractivity contribution < 1.29 is 0 Å². The maximum atomic E-state index is 4.77. The highest BCUT2D eigenvalue weighted by atomic mass is 14.7. The van der Waals surface area contributed by atoms with Gasteiger partial charge in [0.2, 0.25) is 0 Å². The van der Waals surface area contributed by atoms with Gasteiger partial charge in [-0.15, -0.1) is 0 Å². The molecule has 0 aliphatic heterocycles. The summed E-state index contributed by atoms with van der Waals surface area (Å²) in [5.41, 5.74) is 12.5. The zero-order valence-electron chi connectivity index (χ0n) is 18.8. The van der Waals surface area contributed by atoms with E-state index in [1.54, 1.807) is 0 Å². The van der Waals surface area contributed by atoms with Crippen molar-refractivity contribution in [2.75, 3.05) is 0 Å².